The van der Waals surface area contributed by atoms with Gasteiger partial charge in [-0.1, -0.05) is 0 Å². The van der Waals surface area contributed by atoms with Gasteiger partial charge >= 0.3 is 5.97 Å². The monoisotopic (exact) mass is 340 g/mol. The summed E-state index contributed by atoms with van der Waals surface area (Å²) in [6.07, 6.45) is 3.63. The van der Waals surface area contributed by atoms with E-state index >= 15 is 0 Å². The molecular weight excluding hydrogens is 320 g/mol. The molecule has 1 aliphatic rings. The molecule has 2 heterocycles. The molecule has 1 aromatic heterocycles. The Morgan fingerprint density at radius 3 is 2.56 bits per heavy atom. The summed E-state index contributed by atoms with van der Waals surface area (Å²) in [5, 5.41) is 3.04. The van der Waals surface area contributed by atoms with E-state index < -0.39 is 0 Å². The first-order valence-electron chi connectivity index (χ1n) is 8.34. The Kier molecular flexibility index (Phi) is 5.23. The molecule has 1 fully saturated rings. The Labute approximate surface area is 146 Å². The van der Waals surface area contributed by atoms with Gasteiger partial charge in [0.15, 0.2) is 0 Å². The van der Waals surface area contributed by atoms with Gasteiger partial charge in [-0.25, -0.2) is 14.8 Å². The number of nitrogens with zero attached hydrogens (tertiary/aromatic N) is 3. The van der Waals surface area contributed by atoms with Crippen molar-refractivity contribution in [2.45, 2.75) is 19.8 Å². The number of carbonyl (C=O) groups is 2. The molecule has 1 amide bonds. The molecular formula is C18H20N4O3. The average molecular weight is 340 g/mol. The largest absolute Gasteiger partial charge is 0.462 e. The second-order valence-electron chi connectivity index (χ2n) is 5.69. The van der Waals surface area contributed by atoms with Gasteiger partial charge < -0.3 is 15.0 Å². The van der Waals surface area contributed by atoms with Crippen molar-refractivity contribution < 1.29 is 14.3 Å². The lowest BCUT2D eigenvalue weighted by Crippen LogP contribution is -2.28. The number of hydrogen-bond acceptors (Lipinski definition) is 6. The van der Waals surface area contributed by atoms with Crippen LogP contribution in [0.4, 0.5) is 11.6 Å². The van der Waals surface area contributed by atoms with Crippen LogP contribution >= 0.6 is 0 Å². The van der Waals surface area contributed by atoms with Gasteiger partial charge in [0.25, 0.3) is 5.91 Å². The van der Waals surface area contributed by atoms with E-state index in [0.29, 0.717) is 23.8 Å². The third-order valence-corrected chi connectivity index (χ3v) is 3.92. The standard InChI is InChI=1S/C18H20N4O3/c1-2-25-17(24)13-5-7-14(8-6-13)20-18-19-10-9-15(21-18)16(23)22-11-3-4-12-22/h5-10H,2-4,11-12H2,1H3,(H,19,20,21). The minimum absolute atomic E-state index is 0.0689. The van der Waals surface area contributed by atoms with Crippen LogP contribution in [0.3, 0.4) is 0 Å². The van der Waals surface area contributed by atoms with Crippen LogP contribution < -0.4 is 5.32 Å². The van der Waals surface area contributed by atoms with Crippen molar-refractivity contribution in [3.05, 3.63) is 47.8 Å². The SMILES string of the molecule is CCOC(=O)c1ccc(Nc2nccc(C(=O)N3CCCC3)n2)cc1. The van der Waals surface area contributed by atoms with Crippen molar-refractivity contribution in [1.82, 2.24) is 14.9 Å². The molecule has 3 rings (SSSR count). The van der Waals surface area contributed by atoms with Crippen LogP contribution in [-0.4, -0.2) is 46.4 Å². The number of esters is 1. The lowest BCUT2D eigenvalue weighted by molar-refractivity contribution is 0.0526. The molecule has 2 aromatic rings. The minimum atomic E-state index is -0.358. The van der Waals surface area contributed by atoms with Crippen molar-refractivity contribution in [3.8, 4) is 0 Å². The molecule has 130 valence electrons. The second kappa shape index (κ2) is 7.74. The van der Waals surface area contributed by atoms with Gasteiger partial charge in [-0.3, -0.25) is 4.79 Å². The van der Waals surface area contributed by atoms with Crippen molar-refractivity contribution in [3.63, 3.8) is 0 Å². The molecule has 1 saturated heterocycles. The maximum absolute atomic E-state index is 12.4. The number of amides is 1. The van der Waals surface area contributed by atoms with Crippen LogP contribution in [0.2, 0.25) is 0 Å². The number of aromatic nitrogens is 2. The summed E-state index contributed by atoms with van der Waals surface area (Å²) in [5.41, 5.74) is 1.58. The molecule has 1 N–H and O–H groups in total. The van der Waals surface area contributed by atoms with Gasteiger partial charge in [-0.05, 0) is 50.1 Å². The number of likely N-dealkylation sites (tertiary alicyclic amines) is 1. The summed E-state index contributed by atoms with van der Waals surface area (Å²) in [6, 6.07) is 8.43. The second-order valence-corrected chi connectivity index (χ2v) is 5.69. The zero-order valence-electron chi connectivity index (χ0n) is 14.1. The molecule has 0 unspecified atom stereocenters. The van der Waals surface area contributed by atoms with Crippen molar-refractivity contribution in [2.75, 3.05) is 25.0 Å². The summed E-state index contributed by atoms with van der Waals surface area (Å²) in [5.74, 6) is -0.0851. The van der Waals surface area contributed by atoms with Crippen molar-refractivity contribution >= 4 is 23.5 Å². The fourth-order valence-electron chi connectivity index (χ4n) is 2.65. The van der Waals surface area contributed by atoms with Crippen molar-refractivity contribution in [2.24, 2.45) is 0 Å². The Hall–Kier alpha value is -2.96. The maximum Gasteiger partial charge on any atom is 0.338 e. The molecule has 1 aliphatic heterocycles. The van der Waals surface area contributed by atoms with E-state index in [1.165, 1.54) is 0 Å². The molecule has 7 heteroatoms. The predicted octanol–water partition coefficient (Wildman–Crippen LogP) is 2.63. The van der Waals surface area contributed by atoms with Gasteiger partial charge in [-0.15, -0.1) is 0 Å². The van der Waals surface area contributed by atoms with Crippen molar-refractivity contribution in [1.29, 1.82) is 0 Å². The average Bonchev–Trinajstić information content (AvgIpc) is 3.17. The fraction of sp³-hybridized carbons (Fsp3) is 0.333. The van der Waals surface area contributed by atoms with E-state index in [4.69, 9.17) is 4.74 Å². The number of benzene rings is 1. The molecule has 0 aliphatic carbocycles. The highest BCUT2D eigenvalue weighted by atomic mass is 16.5. The van der Waals surface area contributed by atoms with E-state index in [1.807, 2.05) is 0 Å². The van der Waals surface area contributed by atoms with Crippen LogP contribution in [0.1, 0.15) is 40.6 Å². The van der Waals surface area contributed by atoms with E-state index in [0.717, 1.165) is 31.6 Å². The molecule has 0 spiro atoms. The number of anilines is 2. The third-order valence-electron chi connectivity index (χ3n) is 3.92. The normalized spacial score (nSPS) is 13.6. The first kappa shape index (κ1) is 16.9. The van der Waals surface area contributed by atoms with Crippen LogP contribution in [-0.2, 0) is 4.74 Å². The Morgan fingerprint density at radius 1 is 1.16 bits per heavy atom. The van der Waals surface area contributed by atoms with Gasteiger partial charge in [0.05, 0.1) is 12.2 Å². The molecule has 7 nitrogen and oxygen atoms in total. The molecule has 0 saturated carbocycles. The summed E-state index contributed by atoms with van der Waals surface area (Å²) in [7, 11) is 0. The maximum atomic E-state index is 12.4. The topological polar surface area (TPSA) is 84.4 Å². The van der Waals surface area contributed by atoms with E-state index in [1.54, 1.807) is 48.4 Å². The van der Waals surface area contributed by atoms with Crippen LogP contribution in [0.5, 0.6) is 0 Å². The van der Waals surface area contributed by atoms with E-state index in [2.05, 4.69) is 15.3 Å². The summed E-state index contributed by atoms with van der Waals surface area (Å²) in [4.78, 5) is 34.3. The lowest BCUT2D eigenvalue weighted by Gasteiger charge is -2.14. The quantitative estimate of drug-likeness (QED) is 0.842. The van der Waals surface area contributed by atoms with Gasteiger partial charge in [0.2, 0.25) is 5.95 Å². The van der Waals surface area contributed by atoms with Crippen LogP contribution in [0, 0.1) is 0 Å². The van der Waals surface area contributed by atoms with E-state index in [9.17, 15) is 9.59 Å². The minimum Gasteiger partial charge on any atom is -0.462 e. The molecule has 0 atom stereocenters. The summed E-state index contributed by atoms with van der Waals surface area (Å²) < 4.78 is 4.95. The first-order chi connectivity index (χ1) is 12.2. The predicted molar refractivity (Wildman–Crippen MR) is 92.9 cm³/mol. The summed E-state index contributed by atoms with van der Waals surface area (Å²) in [6.45, 7) is 3.66. The Morgan fingerprint density at radius 2 is 1.88 bits per heavy atom. The third kappa shape index (κ3) is 4.12. The van der Waals surface area contributed by atoms with Gasteiger partial charge in [0, 0.05) is 25.0 Å². The summed E-state index contributed by atoms with van der Waals surface area (Å²) >= 11 is 0. The van der Waals surface area contributed by atoms with E-state index in [-0.39, 0.29) is 11.9 Å². The molecule has 25 heavy (non-hydrogen) atoms. The van der Waals surface area contributed by atoms with Crippen LogP contribution in [0.15, 0.2) is 36.5 Å². The number of nitrogens with one attached hydrogen (secondary N) is 1. The zero-order valence-corrected chi connectivity index (χ0v) is 14.1. The highest BCUT2D eigenvalue weighted by Crippen LogP contribution is 2.16. The molecule has 1 aromatic carbocycles. The molecule has 0 radical (unpaired) electrons. The number of carbonyl (C=O) groups excluding carboxylic acids is 2. The van der Waals surface area contributed by atoms with Gasteiger partial charge in [-0.2, -0.15) is 0 Å². The Balaban J connectivity index is 1.69. The number of rotatable bonds is 5. The number of ether oxygens (including phenoxy) is 1. The molecule has 0 bridgehead atoms. The lowest BCUT2D eigenvalue weighted by atomic mass is 10.2. The highest BCUT2D eigenvalue weighted by molar-refractivity contribution is 5.92. The Bertz CT molecular complexity index is 755. The van der Waals surface area contributed by atoms with Crippen LogP contribution in [0.25, 0.3) is 0 Å². The smallest absolute Gasteiger partial charge is 0.338 e. The first-order valence-corrected chi connectivity index (χ1v) is 8.34. The number of hydrogen-bond donors (Lipinski definition) is 1. The fourth-order valence-corrected chi connectivity index (χ4v) is 2.65. The van der Waals surface area contributed by atoms with Gasteiger partial charge in [0.1, 0.15) is 5.69 Å². The zero-order chi connectivity index (χ0) is 17.6. The highest BCUT2D eigenvalue weighted by Gasteiger charge is 2.20.